The van der Waals surface area contributed by atoms with Crippen LogP contribution in [0.4, 0.5) is 17.1 Å². The highest BCUT2D eigenvalue weighted by Crippen LogP contribution is 2.64. The molecular weight excluding hydrogens is 761 g/mol. The number of rotatable bonds is 6. The van der Waals surface area contributed by atoms with E-state index in [4.69, 9.17) is 0 Å². The lowest BCUT2D eigenvalue weighted by Gasteiger charge is -2.33. The summed E-state index contributed by atoms with van der Waals surface area (Å²) in [6.07, 6.45) is 6.96. The number of hydrogen-bond acceptors (Lipinski definition) is 1. The molecule has 1 atom stereocenters. The standard InChI is InChI=1S/C61H42N2/c1-3-15-41(16-4-1)42-27-32-46(33-28-42)62(47-34-29-43(30-35-47)44-31-38-60-54(39-44)53-22-10-14-26-59(53)63(60)45-17-5-2-6-18-45)48-36-37-52-51-21-9-13-25-57(51)61(58(52)40-48)55-23-11-7-19-49(55)50-20-8-12-24-56(50)61/h1-7,9-19,21-40H,8,20H2. The summed E-state index contributed by atoms with van der Waals surface area (Å²) in [6, 6.07) is 80.8. The number of hydrogen-bond donors (Lipinski definition) is 0. The number of nitrogens with zero attached hydrogens (tertiary/aromatic N) is 2. The van der Waals surface area contributed by atoms with Gasteiger partial charge >= 0.3 is 0 Å². The Kier molecular flexibility index (Phi) is 7.98. The van der Waals surface area contributed by atoms with Crippen LogP contribution < -0.4 is 4.90 Å². The predicted octanol–water partition coefficient (Wildman–Crippen LogP) is 16.0. The Hall–Kier alpha value is -7.94. The number of allylic oxidation sites excluding steroid dienone is 4. The van der Waals surface area contributed by atoms with Crippen LogP contribution in [0, 0.1) is 0 Å². The summed E-state index contributed by atoms with van der Waals surface area (Å²) in [6.45, 7) is 0. The van der Waals surface area contributed by atoms with Crippen molar-refractivity contribution >= 4 is 44.4 Å². The smallest absolute Gasteiger partial charge is 0.0722 e. The molecule has 0 saturated heterocycles. The molecule has 0 saturated carbocycles. The second kappa shape index (κ2) is 14.1. The average molecular weight is 803 g/mol. The highest BCUT2D eigenvalue weighted by molar-refractivity contribution is 6.10. The molecule has 3 aliphatic carbocycles. The van der Waals surface area contributed by atoms with E-state index in [2.05, 4.69) is 240 Å². The number of para-hydroxylation sites is 2. The van der Waals surface area contributed by atoms with Gasteiger partial charge in [-0.15, -0.1) is 0 Å². The van der Waals surface area contributed by atoms with Crippen LogP contribution in [-0.2, 0) is 5.41 Å². The molecular formula is C61H42N2. The molecule has 63 heavy (non-hydrogen) atoms. The Morgan fingerprint density at radius 3 is 1.71 bits per heavy atom. The first-order valence-corrected chi connectivity index (χ1v) is 22.1. The SMILES string of the molecule is C1=CC2=C(CC1)c1ccccc1C21c2ccccc2-c2ccc(N(c3ccc(-c4ccccc4)cc3)c3ccc(-c4ccc5c(c4)c4ccccc4n5-c4ccccc4)cc3)cc21. The molecule has 13 rings (SSSR count). The molecule has 0 N–H and O–H groups in total. The highest BCUT2D eigenvalue weighted by atomic mass is 15.1. The van der Waals surface area contributed by atoms with Crippen molar-refractivity contribution in [3.63, 3.8) is 0 Å². The van der Waals surface area contributed by atoms with E-state index in [1.165, 1.54) is 94.3 Å². The van der Waals surface area contributed by atoms with Crippen molar-refractivity contribution < 1.29 is 0 Å². The highest BCUT2D eigenvalue weighted by Gasteiger charge is 2.52. The fraction of sp³-hybridized carbons (Fsp3) is 0.0492. The first-order chi connectivity index (χ1) is 31.3. The first-order valence-electron chi connectivity index (χ1n) is 22.1. The van der Waals surface area contributed by atoms with E-state index < -0.39 is 0 Å². The fourth-order valence-electron chi connectivity index (χ4n) is 11.2. The minimum Gasteiger partial charge on any atom is -0.310 e. The van der Waals surface area contributed by atoms with Gasteiger partial charge in [0.1, 0.15) is 0 Å². The Balaban J connectivity index is 0.965. The molecule has 0 bridgehead atoms. The van der Waals surface area contributed by atoms with Crippen LogP contribution in [0.3, 0.4) is 0 Å². The van der Waals surface area contributed by atoms with Crippen molar-refractivity contribution in [2.24, 2.45) is 0 Å². The van der Waals surface area contributed by atoms with Crippen molar-refractivity contribution in [3.8, 4) is 39.1 Å². The molecule has 0 radical (unpaired) electrons. The first kappa shape index (κ1) is 35.8. The number of anilines is 3. The second-order valence-corrected chi connectivity index (χ2v) is 17.1. The van der Waals surface area contributed by atoms with E-state index in [0.717, 1.165) is 29.9 Å². The summed E-state index contributed by atoms with van der Waals surface area (Å²) >= 11 is 0. The maximum absolute atomic E-state index is 2.50. The van der Waals surface area contributed by atoms with E-state index in [0.29, 0.717) is 0 Å². The lowest BCUT2D eigenvalue weighted by molar-refractivity contribution is 0.780. The van der Waals surface area contributed by atoms with Gasteiger partial charge in [-0.2, -0.15) is 0 Å². The number of fused-ring (bicyclic) bond motifs is 12. The summed E-state index contributed by atoms with van der Waals surface area (Å²) in [4.78, 5) is 2.44. The van der Waals surface area contributed by atoms with Gasteiger partial charge in [0, 0.05) is 33.5 Å². The number of benzene rings is 9. The molecule has 1 aromatic heterocycles. The monoisotopic (exact) mass is 802 g/mol. The van der Waals surface area contributed by atoms with E-state index in [1.807, 2.05) is 0 Å². The molecule has 0 aliphatic heterocycles. The molecule has 0 fully saturated rings. The molecule has 2 heteroatoms. The van der Waals surface area contributed by atoms with E-state index in [1.54, 1.807) is 0 Å². The van der Waals surface area contributed by atoms with E-state index in [-0.39, 0.29) is 5.41 Å². The summed E-state index contributed by atoms with van der Waals surface area (Å²) in [5.74, 6) is 0. The van der Waals surface area contributed by atoms with Gasteiger partial charge in [-0.25, -0.2) is 0 Å². The van der Waals surface area contributed by atoms with Crippen LogP contribution in [0.1, 0.15) is 35.1 Å². The third-order valence-corrected chi connectivity index (χ3v) is 13.9. The van der Waals surface area contributed by atoms with Gasteiger partial charge in [-0.3, -0.25) is 0 Å². The van der Waals surface area contributed by atoms with Crippen LogP contribution in [0.2, 0.25) is 0 Å². The van der Waals surface area contributed by atoms with Crippen molar-refractivity contribution in [3.05, 3.63) is 258 Å². The molecule has 1 heterocycles. The van der Waals surface area contributed by atoms with Crippen LogP contribution in [0.15, 0.2) is 236 Å². The maximum Gasteiger partial charge on any atom is 0.0722 e. The van der Waals surface area contributed by atoms with Gasteiger partial charge in [-0.05, 0) is 146 Å². The van der Waals surface area contributed by atoms with Gasteiger partial charge in [-0.1, -0.05) is 164 Å². The number of aromatic nitrogens is 1. The summed E-state index contributed by atoms with van der Waals surface area (Å²) in [7, 11) is 0. The van der Waals surface area contributed by atoms with Crippen LogP contribution in [0.5, 0.6) is 0 Å². The normalized spacial score (nSPS) is 15.7. The maximum atomic E-state index is 2.50. The third-order valence-electron chi connectivity index (χ3n) is 13.9. The molecule has 1 spiro atoms. The Morgan fingerprint density at radius 1 is 0.397 bits per heavy atom. The summed E-state index contributed by atoms with van der Waals surface area (Å²) in [5, 5.41) is 2.51. The van der Waals surface area contributed by atoms with E-state index in [9.17, 15) is 0 Å². The van der Waals surface area contributed by atoms with Gasteiger partial charge in [0.05, 0.1) is 16.4 Å². The van der Waals surface area contributed by atoms with Crippen molar-refractivity contribution in [1.82, 2.24) is 4.57 Å². The van der Waals surface area contributed by atoms with Crippen molar-refractivity contribution in [2.75, 3.05) is 4.90 Å². The Labute approximate surface area is 368 Å². The topological polar surface area (TPSA) is 8.17 Å². The lowest BCUT2D eigenvalue weighted by atomic mass is 9.69. The largest absolute Gasteiger partial charge is 0.310 e. The molecule has 10 aromatic rings. The molecule has 296 valence electrons. The zero-order chi connectivity index (χ0) is 41.5. The Morgan fingerprint density at radius 2 is 0.952 bits per heavy atom. The average Bonchev–Trinajstić information content (AvgIpc) is 3.96. The zero-order valence-corrected chi connectivity index (χ0v) is 34.7. The van der Waals surface area contributed by atoms with Gasteiger partial charge in [0.25, 0.3) is 0 Å². The molecule has 9 aromatic carbocycles. The lowest BCUT2D eigenvalue weighted by Crippen LogP contribution is -2.27. The van der Waals surface area contributed by atoms with Gasteiger partial charge < -0.3 is 9.47 Å². The molecule has 1 unspecified atom stereocenters. The van der Waals surface area contributed by atoms with E-state index >= 15 is 0 Å². The fourth-order valence-corrected chi connectivity index (χ4v) is 11.2. The van der Waals surface area contributed by atoms with Gasteiger partial charge in [0.15, 0.2) is 0 Å². The van der Waals surface area contributed by atoms with Crippen LogP contribution in [0.25, 0.3) is 66.4 Å². The zero-order valence-electron chi connectivity index (χ0n) is 34.7. The van der Waals surface area contributed by atoms with Crippen molar-refractivity contribution in [1.29, 1.82) is 0 Å². The predicted molar refractivity (Wildman–Crippen MR) is 263 cm³/mol. The minimum absolute atomic E-state index is 0.375. The summed E-state index contributed by atoms with van der Waals surface area (Å²) in [5.41, 5.74) is 22.5. The van der Waals surface area contributed by atoms with Crippen LogP contribution in [-0.4, -0.2) is 4.57 Å². The quantitative estimate of drug-likeness (QED) is 0.163. The van der Waals surface area contributed by atoms with Crippen LogP contribution >= 0.6 is 0 Å². The second-order valence-electron chi connectivity index (χ2n) is 17.1. The summed E-state index contributed by atoms with van der Waals surface area (Å²) < 4.78 is 2.38. The Bertz CT molecular complexity index is 3480. The van der Waals surface area contributed by atoms with Gasteiger partial charge in [0.2, 0.25) is 0 Å². The minimum atomic E-state index is -0.375. The molecule has 2 nitrogen and oxygen atoms in total. The van der Waals surface area contributed by atoms with Crippen molar-refractivity contribution in [2.45, 2.75) is 18.3 Å². The third kappa shape index (κ3) is 5.31. The molecule has 3 aliphatic rings. The molecule has 0 amide bonds.